The number of halogens is 1. The maximum Gasteiger partial charge on any atom is 0.273 e. The second-order valence-corrected chi connectivity index (χ2v) is 7.91. The zero-order chi connectivity index (χ0) is 28.2. The van der Waals surface area contributed by atoms with Gasteiger partial charge in [-0.2, -0.15) is 5.10 Å². The van der Waals surface area contributed by atoms with Gasteiger partial charge >= 0.3 is 0 Å². The van der Waals surface area contributed by atoms with E-state index in [2.05, 4.69) is 30.6 Å². The summed E-state index contributed by atoms with van der Waals surface area (Å²) >= 11 is 6.05. The quantitative estimate of drug-likeness (QED) is 0.305. The molecule has 0 atom stereocenters. The van der Waals surface area contributed by atoms with Crippen LogP contribution in [0.2, 0.25) is 5.15 Å². The number of amides is 1. The zero-order valence-electron chi connectivity index (χ0n) is 22.3. The van der Waals surface area contributed by atoms with Crippen LogP contribution in [0.5, 0.6) is 5.75 Å². The number of carbonyl (C=O) groups is 1. The molecule has 0 aliphatic carbocycles. The van der Waals surface area contributed by atoms with E-state index in [9.17, 15) is 4.79 Å². The van der Waals surface area contributed by atoms with Gasteiger partial charge < -0.3 is 25.8 Å². The van der Waals surface area contributed by atoms with Gasteiger partial charge in [0.2, 0.25) is 0 Å². The van der Waals surface area contributed by atoms with Crippen LogP contribution in [-0.2, 0) is 25.0 Å². The van der Waals surface area contributed by atoms with Crippen molar-refractivity contribution < 1.29 is 18.4 Å². The minimum atomic E-state index is -2.74. The number of hydrogen-bond donors (Lipinski definition) is 3. The largest absolute Gasteiger partial charge is 0.494 e. The Bertz CT molecular complexity index is 1500. The summed E-state index contributed by atoms with van der Waals surface area (Å²) in [6, 6.07) is 10.2. The maximum absolute atomic E-state index is 12.6. The van der Waals surface area contributed by atoms with Crippen molar-refractivity contribution in [2.45, 2.75) is 13.2 Å². The van der Waals surface area contributed by atoms with Gasteiger partial charge in [0.1, 0.15) is 12.1 Å². The fourth-order valence-corrected chi connectivity index (χ4v) is 3.55. The molecule has 4 rings (SSSR count). The first-order chi connectivity index (χ1) is 18.5. The van der Waals surface area contributed by atoms with Gasteiger partial charge in [0.25, 0.3) is 5.91 Å². The molecule has 186 valence electrons. The molecule has 13 heteroatoms. The fraction of sp³-hybridized carbons (Fsp3) is 0.217. The lowest BCUT2D eigenvalue weighted by Crippen LogP contribution is -2.21. The van der Waals surface area contributed by atoms with E-state index in [0.29, 0.717) is 39.9 Å². The number of aryl methyl sites for hydroxylation is 1. The fourth-order valence-electron chi connectivity index (χ4n) is 3.40. The number of pyridine rings is 1. The Morgan fingerprint density at radius 3 is 2.81 bits per heavy atom. The van der Waals surface area contributed by atoms with E-state index >= 15 is 0 Å². The molecule has 36 heavy (non-hydrogen) atoms. The molecule has 0 bridgehead atoms. The number of aromatic nitrogens is 6. The minimum absolute atomic E-state index is 0.0253. The molecule has 3 heterocycles. The van der Waals surface area contributed by atoms with Crippen LogP contribution in [0.1, 0.15) is 25.9 Å². The Labute approximate surface area is 216 Å². The summed E-state index contributed by atoms with van der Waals surface area (Å²) in [5, 5.41) is 16.8. The summed E-state index contributed by atoms with van der Waals surface area (Å²) in [5.74, 6) is 0.139. The molecular weight excluding hydrogens is 486 g/mol. The van der Waals surface area contributed by atoms with Crippen molar-refractivity contribution in [1.29, 1.82) is 0 Å². The molecule has 12 nitrogen and oxygen atoms in total. The molecule has 0 radical (unpaired) electrons. The normalized spacial score (nSPS) is 12.4. The predicted octanol–water partition coefficient (Wildman–Crippen LogP) is 2.73. The number of methoxy groups -OCH3 is 1. The van der Waals surface area contributed by atoms with Gasteiger partial charge in [0.05, 0.1) is 43.0 Å². The molecule has 0 aliphatic rings. The molecular formula is C23H24ClN9O3. The van der Waals surface area contributed by atoms with Crippen LogP contribution in [0.4, 0.5) is 17.2 Å². The number of nitrogens with two attached hydrogens (primary N) is 1. The molecule has 1 amide bonds. The summed E-state index contributed by atoms with van der Waals surface area (Å²) in [7, 11) is 3.20. The number of nitrogens with one attached hydrogen (secondary N) is 2. The number of rotatable bonds is 9. The van der Waals surface area contributed by atoms with Crippen molar-refractivity contribution in [3.05, 3.63) is 64.8 Å². The van der Waals surface area contributed by atoms with Crippen molar-refractivity contribution in [3.8, 4) is 17.1 Å². The first-order valence-corrected chi connectivity index (χ1v) is 10.9. The highest BCUT2D eigenvalue weighted by atomic mass is 35.5. The molecule has 3 aromatic heterocycles. The summed E-state index contributed by atoms with van der Waals surface area (Å²) in [5.41, 5.74) is 7.83. The first kappa shape index (κ1) is 21.0. The standard InChI is InChI=1S/C23H24ClN9O3/c1-26-23(34)20-16(9-18(24)30-31-20)29-17-8-13(10-36-11-14-5-4-6-19(25)28-14)7-15(21(17)35-3)22-27-12-33(2)32-22/h4-9,12H,10-11H2,1-3H3,(H2,25,28)(H,26,34)(H,29,30)/i1D3. The van der Waals surface area contributed by atoms with E-state index in [-0.39, 0.29) is 29.7 Å². The Morgan fingerprint density at radius 2 is 2.08 bits per heavy atom. The molecule has 4 N–H and O–H groups in total. The van der Waals surface area contributed by atoms with Crippen LogP contribution in [0.15, 0.2) is 42.7 Å². The van der Waals surface area contributed by atoms with Gasteiger partial charge in [-0.25, -0.2) is 9.97 Å². The topological polar surface area (TPSA) is 155 Å². The zero-order valence-corrected chi connectivity index (χ0v) is 20.1. The molecule has 0 unspecified atom stereocenters. The van der Waals surface area contributed by atoms with Crippen molar-refractivity contribution >= 4 is 34.7 Å². The number of nitrogen functional groups attached to an aromatic ring is 1. The molecule has 0 spiro atoms. The molecule has 0 saturated carbocycles. The van der Waals surface area contributed by atoms with Gasteiger partial charge in [-0.3, -0.25) is 9.48 Å². The monoisotopic (exact) mass is 512 g/mol. The highest BCUT2D eigenvalue weighted by molar-refractivity contribution is 6.29. The highest BCUT2D eigenvalue weighted by Gasteiger charge is 2.20. The lowest BCUT2D eigenvalue weighted by Gasteiger charge is -2.17. The highest BCUT2D eigenvalue weighted by Crippen LogP contribution is 2.38. The Balaban J connectivity index is 1.72. The van der Waals surface area contributed by atoms with Gasteiger partial charge in [-0.05, 0) is 29.8 Å². The maximum atomic E-state index is 12.6. The van der Waals surface area contributed by atoms with E-state index in [1.165, 1.54) is 13.2 Å². The number of hydrogen-bond acceptors (Lipinski definition) is 10. The number of anilines is 3. The lowest BCUT2D eigenvalue weighted by molar-refractivity contribution is 0.0958. The Hall–Kier alpha value is -4.29. The van der Waals surface area contributed by atoms with Crippen molar-refractivity contribution in [3.63, 3.8) is 0 Å². The van der Waals surface area contributed by atoms with Gasteiger partial charge in [0, 0.05) is 24.2 Å². The van der Waals surface area contributed by atoms with Crippen molar-refractivity contribution in [2.75, 3.05) is 25.1 Å². The number of ether oxygens (including phenoxy) is 2. The molecule has 0 fully saturated rings. The molecule has 0 saturated heterocycles. The molecule has 4 aromatic rings. The third-order valence-corrected chi connectivity index (χ3v) is 5.09. The van der Waals surface area contributed by atoms with Crippen molar-refractivity contribution in [1.82, 2.24) is 35.3 Å². The van der Waals surface area contributed by atoms with Gasteiger partial charge in [0.15, 0.2) is 22.4 Å². The minimum Gasteiger partial charge on any atom is -0.494 e. The Morgan fingerprint density at radius 1 is 1.22 bits per heavy atom. The third kappa shape index (κ3) is 5.67. The van der Waals surface area contributed by atoms with Crippen LogP contribution in [0.3, 0.4) is 0 Å². The molecule has 0 aliphatic heterocycles. The first-order valence-electron chi connectivity index (χ1n) is 12.0. The van der Waals surface area contributed by atoms with E-state index in [4.69, 9.17) is 30.9 Å². The summed E-state index contributed by atoms with van der Waals surface area (Å²) in [6.07, 6.45) is 1.54. The SMILES string of the molecule is [2H]C([2H])([2H])NC(=O)c1nnc(Cl)cc1Nc1cc(COCc2cccc(N)n2)cc(-c2ncn(C)n2)c1OC. The number of benzene rings is 1. The summed E-state index contributed by atoms with van der Waals surface area (Å²) < 4.78 is 35.1. The summed E-state index contributed by atoms with van der Waals surface area (Å²) in [4.78, 5) is 21.2. The smallest absolute Gasteiger partial charge is 0.273 e. The van der Waals surface area contributed by atoms with E-state index in [1.807, 2.05) is 11.4 Å². The van der Waals surface area contributed by atoms with Crippen LogP contribution in [0.25, 0.3) is 11.4 Å². The van der Waals surface area contributed by atoms with Crippen LogP contribution in [0, 0.1) is 0 Å². The summed E-state index contributed by atoms with van der Waals surface area (Å²) in [6.45, 7) is -2.36. The van der Waals surface area contributed by atoms with Gasteiger partial charge in [-0.15, -0.1) is 10.2 Å². The second-order valence-electron chi connectivity index (χ2n) is 7.52. The van der Waals surface area contributed by atoms with E-state index in [0.717, 1.165) is 0 Å². The van der Waals surface area contributed by atoms with Crippen molar-refractivity contribution in [2.24, 2.45) is 7.05 Å². The van der Waals surface area contributed by atoms with Crippen LogP contribution >= 0.6 is 11.6 Å². The lowest BCUT2D eigenvalue weighted by atomic mass is 10.1. The van der Waals surface area contributed by atoms with E-state index < -0.39 is 12.9 Å². The average Bonchev–Trinajstić information content (AvgIpc) is 3.29. The predicted molar refractivity (Wildman–Crippen MR) is 134 cm³/mol. The third-order valence-electron chi connectivity index (χ3n) is 4.90. The van der Waals surface area contributed by atoms with Crippen LogP contribution in [-0.4, -0.2) is 49.9 Å². The molecule has 1 aromatic carbocycles. The van der Waals surface area contributed by atoms with E-state index in [1.54, 1.807) is 42.3 Å². The number of carbonyl (C=O) groups excluding carboxylic acids is 1. The average molecular weight is 513 g/mol. The number of nitrogens with zero attached hydrogens (tertiary/aromatic N) is 6. The Kier molecular flexibility index (Phi) is 6.41. The van der Waals surface area contributed by atoms with Crippen LogP contribution < -0.4 is 21.1 Å². The van der Waals surface area contributed by atoms with Gasteiger partial charge in [-0.1, -0.05) is 17.7 Å². The second kappa shape index (κ2) is 11.0.